The van der Waals surface area contributed by atoms with Crippen LogP contribution in [0.3, 0.4) is 0 Å². The topological polar surface area (TPSA) is 55.1 Å². The molecule has 2 bridgehead atoms. The van der Waals surface area contributed by atoms with Gasteiger partial charge in [-0.3, -0.25) is 4.79 Å². The molecule has 0 radical (unpaired) electrons. The zero-order valence-electron chi connectivity index (χ0n) is 13.4. The minimum atomic E-state index is -0.350. The van der Waals surface area contributed by atoms with Crippen LogP contribution in [-0.2, 0) is 11.3 Å². The Hall–Kier alpha value is -1.58. The van der Waals surface area contributed by atoms with Crippen LogP contribution in [0.25, 0.3) is 0 Å². The smallest absolute Gasteiger partial charge is 0.230 e. The number of rotatable bonds is 4. The first-order valence-electron chi connectivity index (χ1n) is 8.37. The fourth-order valence-corrected chi connectivity index (χ4v) is 4.45. The predicted molar refractivity (Wildman–Crippen MR) is 83.0 cm³/mol. The standard InChI is InChI=1S/C18H24N2O2/c1-11-17(2,3)13-6-7-18(11,9-13)16(21)19-10-14-8-15(22-20-14)12-4-5-12/h8,12-13H,1,4-7,9-10H2,2-3H3,(H,19,21)/t13-,18-/m1/s1. The molecule has 3 fully saturated rings. The van der Waals surface area contributed by atoms with Crippen LogP contribution in [0.2, 0.25) is 0 Å². The molecule has 4 rings (SSSR count). The second-order valence-electron chi connectivity index (χ2n) is 7.90. The van der Waals surface area contributed by atoms with Crippen molar-refractivity contribution in [1.82, 2.24) is 10.5 Å². The second kappa shape index (κ2) is 4.46. The van der Waals surface area contributed by atoms with E-state index >= 15 is 0 Å². The molecule has 118 valence electrons. The van der Waals surface area contributed by atoms with Gasteiger partial charge in [0.2, 0.25) is 5.91 Å². The van der Waals surface area contributed by atoms with E-state index in [9.17, 15) is 4.79 Å². The van der Waals surface area contributed by atoms with Crippen molar-refractivity contribution in [2.24, 2.45) is 16.7 Å². The number of amides is 1. The molecule has 1 heterocycles. The molecule has 0 spiro atoms. The molecule has 1 aromatic rings. The van der Waals surface area contributed by atoms with Crippen molar-refractivity contribution >= 4 is 5.91 Å². The maximum Gasteiger partial charge on any atom is 0.230 e. The highest BCUT2D eigenvalue weighted by atomic mass is 16.5. The van der Waals surface area contributed by atoms with E-state index in [2.05, 4.69) is 30.9 Å². The third kappa shape index (κ3) is 1.89. The van der Waals surface area contributed by atoms with Gasteiger partial charge >= 0.3 is 0 Å². The Balaban J connectivity index is 1.44. The molecule has 0 aromatic carbocycles. The van der Waals surface area contributed by atoms with Crippen LogP contribution in [0.1, 0.15) is 63.3 Å². The van der Waals surface area contributed by atoms with Crippen molar-refractivity contribution in [2.75, 3.05) is 0 Å². The Morgan fingerprint density at radius 2 is 2.23 bits per heavy atom. The van der Waals surface area contributed by atoms with Crippen LogP contribution in [0.15, 0.2) is 22.7 Å². The summed E-state index contributed by atoms with van der Waals surface area (Å²) in [6, 6.07) is 1.99. The molecule has 0 unspecified atom stereocenters. The zero-order valence-corrected chi connectivity index (χ0v) is 13.4. The molecule has 1 aromatic heterocycles. The monoisotopic (exact) mass is 300 g/mol. The Bertz CT molecular complexity index is 641. The summed E-state index contributed by atoms with van der Waals surface area (Å²) in [5, 5.41) is 7.15. The predicted octanol–water partition coefficient (Wildman–Crippen LogP) is 3.55. The van der Waals surface area contributed by atoms with Gasteiger partial charge in [0, 0.05) is 12.0 Å². The van der Waals surface area contributed by atoms with Crippen LogP contribution in [0.5, 0.6) is 0 Å². The quantitative estimate of drug-likeness (QED) is 0.865. The highest BCUT2D eigenvalue weighted by molar-refractivity contribution is 5.87. The summed E-state index contributed by atoms with van der Waals surface area (Å²) in [6.45, 7) is 9.19. The Morgan fingerprint density at radius 1 is 1.45 bits per heavy atom. The van der Waals surface area contributed by atoms with E-state index in [1.165, 1.54) is 12.8 Å². The number of aromatic nitrogens is 1. The average molecular weight is 300 g/mol. The van der Waals surface area contributed by atoms with Crippen molar-refractivity contribution in [3.63, 3.8) is 0 Å². The molecule has 3 saturated carbocycles. The summed E-state index contributed by atoms with van der Waals surface area (Å²) in [4.78, 5) is 12.8. The molecule has 3 aliphatic rings. The Labute approximate surface area is 131 Å². The van der Waals surface area contributed by atoms with Crippen molar-refractivity contribution in [3.8, 4) is 0 Å². The SMILES string of the molecule is C=C1C(C)(C)[C@@H]2CC[C@@]1(C(=O)NCc1cc(C3CC3)on1)C2. The fraction of sp³-hybridized carbons (Fsp3) is 0.667. The summed E-state index contributed by atoms with van der Waals surface area (Å²) >= 11 is 0. The lowest BCUT2D eigenvalue weighted by molar-refractivity contribution is -0.129. The van der Waals surface area contributed by atoms with E-state index in [-0.39, 0.29) is 16.7 Å². The number of carbonyl (C=O) groups is 1. The molecule has 22 heavy (non-hydrogen) atoms. The summed E-state index contributed by atoms with van der Waals surface area (Å²) in [7, 11) is 0. The lowest BCUT2D eigenvalue weighted by Crippen LogP contribution is -2.41. The number of fused-ring (bicyclic) bond motifs is 2. The number of nitrogens with one attached hydrogen (secondary N) is 1. The van der Waals surface area contributed by atoms with Gasteiger partial charge in [-0.25, -0.2) is 0 Å². The average Bonchev–Trinajstić information content (AvgIpc) is 2.99. The number of nitrogens with zero attached hydrogens (tertiary/aromatic N) is 1. The molecule has 4 heteroatoms. The summed E-state index contributed by atoms with van der Waals surface area (Å²) < 4.78 is 5.34. The van der Waals surface area contributed by atoms with Crippen LogP contribution >= 0.6 is 0 Å². The van der Waals surface area contributed by atoms with Crippen molar-refractivity contribution in [1.29, 1.82) is 0 Å². The van der Waals surface area contributed by atoms with Gasteiger partial charge < -0.3 is 9.84 Å². The third-order valence-corrected chi connectivity index (χ3v) is 6.31. The molecule has 3 aliphatic carbocycles. The van der Waals surface area contributed by atoms with Gasteiger partial charge in [0.1, 0.15) is 11.5 Å². The van der Waals surface area contributed by atoms with Gasteiger partial charge in [-0.05, 0) is 43.4 Å². The largest absolute Gasteiger partial charge is 0.361 e. The van der Waals surface area contributed by atoms with Gasteiger partial charge in [-0.1, -0.05) is 31.2 Å². The molecule has 2 atom stereocenters. The van der Waals surface area contributed by atoms with Gasteiger partial charge in [-0.2, -0.15) is 0 Å². The summed E-state index contributed by atoms with van der Waals surface area (Å²) in [6.07, 6.45) is 5.42. The van der Waals surface area contributed by atoms with E-state index in [1.807, 2.05) is 6.07 Å². The van der Waals surface area contributed by atoms with Crippen LogP contribution in [0, 0.1) is 16.7 Å². The lowest BCUT2D eigenvalue weighted by Gasteiger charge is -2.37. The van der Waals surface area contributed by atoms with Crippen molar-refractivity contribution in [2.45, 2.75) is 58.4 Å². The molecule has 0 saturated heterocycles. The first kappa shape index (κ1) is 14.0. The first-order valence-corrected chi connectivity index (χ1v) is 8.37. The van der Waals surface area contributed by atoms with Gasteiger partial charge in [0.15, 0.2) is 0 Å². The first-order chi connectivity index (χ1) is 10.4. The minimum Gasteiger partial charge on any atom is -0.361 e. The number of hydrogen-bond acceptors (Lipinski definition) is 3. The molecule has 1 N–H and O–H groups in total. The van der Waals surface area contributed by atoms with Crippen LogP contribution in [-0.4, -0.2) is 11.1 Å². The van der Waals surface area contributed by atoms with E-state index in [0.717, 1.165) is 36.3 Å². The maximum atomic E-state index is 12.8. The Morgan fingerprint density at radius 3 is 2.86 bits per heavy atom. The molecule has 0 aliphatic heterocycles. The van der Waals surface area contributed by atoms with E-state index < -0.39 is 0 Å². The van der Waals surface area contributed by atoms with E-state index in [4.69, 9.17) is 4.52 Å². The number of hydrogen-bond donors (Lipinski definition) is 1. The summed E-state index contributed by atoms with van der Waals surface area (Å²) in [5.74, 6) is 2.25. The van der Waals surface area contributed by atoms with Gasteiger partial charge in [-0.15, -0.1) is 0 Å². The lowest BCUT2D eigenvalue weighted by atomic mass is 9.68. The number of carbonyl (C=O) groups excluding carboxylic acids is 1. The fourth-order valence-electron chi connectivity index (χ4n) is 4.45. The van der Waals surface area contributed by atoms with Crippen LogP contribution < -0.4 is 5.32 Å². The molecule has 1 amide bonds. The normalized spacial score (nSPS) is 32.5. The third-order valence-electron chi connectivity index (χ3n) is 6.31. The molecular weight excluding hydrogens is 276 g/mol. The highest BCUT2D eigenvalue weighted by Crippen LogP contribution is 2.65. The Kier molecular flexibility index (Phi) is 2.85. The van der Waals surface area contributed by atoms with Crippen molar-refractivity contribution in [3.05, 3.63) is 29.7 Å². The highest BCUT2D eigenvalue weighted by Gasteiger charge is 2.60. The second-order valence-corrected chi connectivity index (χ2v) is 7.90. The maximum absolute atomic E-state index is 12.8. The van der Waals surface area contributed by atoms with E-state index in [1.54, 1.807) is 0 Å². The van der Waals surface area contributed by atoms with Gasteiger partial charge in [0.05, 0.1) is 12.0 Å². The molecule has 4 nitrogen and oxygen atoms in total. The van der Waals surface area contributed by atoms with Gasteiger partial charge in [0.25, 0.3) is 0 Å². The minimum absolute atomic E-state index is 0.0859. The van der Waals surface area contributed by atoms with Crippen LogP contribution in [0.4, 0.5) is 0 Å². The summed E-state index contributed by atoms with van der Waals surface area (Å²) in [5.41, 5.74) is 1.68. The zero-order chi connectivity index (χ0) is 15.5. The van der Waals surface area contributed by atoms with Crippen molar-refractivity contribution < 1.29 is 9.32 Å². The van der Waals surface area contributed by atoms with E-state index in [0.29, 0.717) is 18.4 Å². The molecular formula is C18H24N2O2.